The molecule has 0 aromatic heterocycles. The molecule has 1 saturated heterocycles. The van der Waals surface area contributed by atoms with Crippen molar-refractivity contribution >= 4 is 29.1 Å². The molecule has 27 heavy (non-hydrogen) atoms. The molecule has 2 amide bonds. The molecule has 0 atom stereocenters. The van der Waals surface area contributed by atoms with Gasteiger partial charge in [-0.3, -0.25) is 9.59 Å². The summed E-state index contributed by atoms with van der Waals surface area (Å²) in [7, 11) is 0. The Balaban J connectivity index is 1.46. The molecular formula is C20H23ClN4O2. The van der Waals surface area contributed by atoms with Gasteiger partial charge in [-0.25, -0.2) is 0 Å². The lowest BCUT2D eigenvalue weighted by Crippen LogP contribution is -2.51. The molecule has 2 aromatic rings. The highest BCUT2D eigenvalue weighted by molar-refractivity contribution is 6.30. The molecule has 1 aliphatic heterocycles. The lowest BCUT2D eigenvalue weighted by molar-refractivity contribution is -0.130. The molecule has 1 fully saturated rings. The van der Waals surface area contributed by atoms with Gasteiger partial charge in [0.05, 0.1) is 6.54 Å². The zero-order valence-electron chi connectivity index (χ0n) is 15.0. The van der Waals surface area contributed by atoms with Crippen LogP contribution in [-0.4, -0.2) is 49.4 Å². The Morgan fingerprint density at radius 1 is 0.963 bits per heavy atom. The molecule has 1 heterocycles. The van der Waals surface area contributed by atoms with Gasteiger partial charge in [-0.05, 0) is 42.0 Å². The van der Waals surface area contributed by atoms with Crippen LogP contribution in [0.5, 0.6) is 0 Å². The van der Waals surface area contributed by atoms with E-state index in [0.717, 1.165) is 24.3 Å². The third-order valence-corrected chi connectivity index (χ3v) is 4.93. The van der Waals surface area contributed by atoms with Gasteiger partial charge in [0.1, 0.15) is 0 Å². The van der Waals surface area contributed by atoms with Crippen molar-refractivity contribution in [1.29, 1.82) is 0 Å². The van der Waals surface area contributed by atoms with Crippen molar-refractivity contribution in [2.45, 2.75) is 6.54 Å². The zero-order valence-corrected chi connectivity index (χ0v) is 15.8. The highest BCUT2D eigenvalue weighted by Crippen LogP contribution is 2.19. The molecule has 142 valence electrons. The summed E-state index contributed by atoms with van der Waals surface area (Å²) in [5, 5.41) is 3.40. The number of nitrogens with one attached hydrogen (secondary N) is 1. The molecule has 7 heteroatoms. The standard InChI is InChI=1S/C20H23ClN4O2/c21-17-5-7-18(8-6-17)24-9-11-25(12-10-24)19(26)14-23-20(27)16-3-1-15(13-22)2-4-16/h1-8H,9-14,22H2,(H,23,27). The molecule has 0 bridgehead atoms. The van der Waals surface area contributed by atoms with E-state index in [0.29, 0.717) is 30.2 Å². The minimum absolute atomic E-state index is 0.00157. The summed E-state index contributed by atoms with van der Waals surface area (Å²) in [5.41, 5.74) is 8.13. The number of halogens is 1. The Kier molecular flexibility index (Phi) is 6.32. The average molecular weight is 387 g/mol. The highest BCUT2D eigenvalue weighted by Gasteiger charge is 2.21. The predicted molar refractivity (Wildman–Crippen MR) is 107 cm³/mol. The number of carbonyl (C=O) groups excluding carboxylic acids is 2. The van der Waals surface area contributed by atoms with E-state index in [4.69, 9.17) is 17.3 Å². The molecular weight excluding hydrogens is 364 g/mol. The van der Waals surface area contributed by atoms with Gasteiger partial charge >= 0.3 is 0 Å². The summed E-state index contributed by atoms with van der Waals surface area (Å²) in [4.78, 5) is 28.5. The zero-order chi connectivity index (χ0) is 19.2. The van der Waals surface area contributed by atoms with Crippen LogP contribution in [0.1, 0.15) is 15.9 Å². The maximum atomic E-state index is 12.4. The fourth-order valence-corrected chi connectivity index (χ4v) is 3.15. The summed E-state index contributed by atoms with van der Waals surface area (Å²) in [6.07, 6.45) is 0. The predicted octanol–water partition coefficient (Wildman–Crippen LogP) is 1.88. The Morgan fingerprint density at radius 3 is 2.19 bits per heavy atom. The fraction of sp³-hybridized carbons (Fsp3) is 0.300. The number of benzene rings is 2. The number of hydrogen-bond acceptors (Lipinski definition) is 4. The van der Waals surface area contributed by atoms with Crippen LogP contribution in [0.15, 0.2) is 48.5 Å². The molecule has 6 nitrogen and oxygen atoms in total. The van der Waals surface area contributed by atoms with Crippen LogP contribution in [0.3, 0.4) is 0 Å². The Hall–Kier alpha value is -2.57. The number of anilines is 1. The second kappa shape index (κ2) is 8.88. The van der Waals surface area contributed by atoms with E-state index in [1.54, 1.807) is 17.0 Å². The number of hydrogen-bond donors (Lipinski definition) is 2. The molecule has 1 aliphatic rings. The average Bonchev–Trinajstić information content (AvgIpc) is 2.72. The topological polar surface area (TPSA) is 78.7 Å². The van der Waals surface area contributed by atoms with Crippen molar-refractivity contribution in [3.05, 3.63) is 64.7 Å². The normalized spacial score (nSPS) is 14.1. The van der Waals surface area contributed by atoms with Crippen LogP contribution in [0.4, 0.5) is 5.69 Å². The van der Waals surface area contributed by atoms with Crippen molar-refractivity contribution in [2.24, 2.45) is 5.73 Å². The van der Waals surface area contributed by atoms with E-state index < -0.39 is 0 Å². The summed E-state index contributed by atoms with van der Waals surface area (Å²) < 4.78 is 0. The molecule has 0 unspecified atom stereocenters. The van der Waals surface area contributed by atoms with Crippen molar-refractivity contribution in [1.82, 2.24) is 10.2 Å². The van der Waals surface area contributed by atoms with Gasteiger partial charge in [-0.15, -0.1) is 0 Å². The van der Waals surface area contributed by atoms with Gasteiger partial charge in [0.15, 0.2) is 0 Å². The van der Waals surface area contributed by atoms with E-state index in [2.05, 4.69) is 10.2 Å². The SMILES string of the molecule is NCc1ccc(C(=O)NCC(=O)N2CCN(c3ccc(Cl)cc3)CC2)cc1. The molecule has 0 radical (unpaired) electrons. The minimum atomic E-state index is -0.258. The number of amides is 2. The van der Waals surface area contributed by atoms with Gasteiger partial charge in [-0.2, -0.15) is 0 Å². The Morgan fingerprint density at radius 2 is 1.59 bits per heavy atom. The first-order valence-electron chi connectivity index (χ1n) is 8.92. The maximum Gasteiger partial charge on any atom is 0.251 e. The number of nitrogens with zero attached hydrogens (tertiary/aromatic N) is 2. The van der Waals surface area contributed by atoms with Crippen LogP contribution in [-0.2, 0) is 11.3 Å². The lowest BCUT2D eigenvalue weighted by atomic mass is 10.1. The number of carbonyl (C=O) groups is 2. The molecule has 2 aromatic carbocycles. The van der Waals surface area contributed by atoms with Crippen molar-refractivity contribution in [3.63, 3.8) is 0 Å². The fourth-order valence-electron chi connectivity index (χ4n) is 3.03. The second-order valence-corrected chi connectivity index (χ2v) is 6.86. The Labute approximate surface area is 163 Å². The van der Waals surface area contributed by atoms with E-state index in [1.807, 2.05) is 36.4 Å². The van der Waals surface area contributed by atoms with Crippen LogP contribution in [0.25, 0.3) is 0 Å². The van der Waals surface area contributed by atoms with E-state index in [1.165, 1.54) is 0 Å². The summed E-state index contributed by atoms with van der Waals surface area (Å²) >= 11 is 5.92. The number of piperazine rings is 1. The highest BCUT2D eigenvalue weighted by atomic mass is 35.5. The van der Waals surface area contributed by atoms with Crippen molar-refractivity contribution < 1.29 is 9.59 Å². The van der Waals surface area contributed by atoms with Crippen molar-refractivity contribution in [3.8, 4) is 0 Å². The molecule has 0 saturated carbocycles. The first kappa shape index (κ1) is 19.2. The Bertz CT molecular complexity index is 785. The van der Waals surface area contributed by atoms with Gasteiger partial charge in [0.2, 0.25) is 5.91 Å². The molecule has 0 aliphatic carbocycles. The smallest absolute Gasteiger partial charge is 0.251 e. The van der Waals surface area contributed by atoms with E-state index in [-0.39, 0.29) is 18.4 Å². The third kappa shape index (κ3) is 4.99. The van der Waals surface area contributed by atoms with Crippen LogP contribution in [0, 0.1) is 0 Å². The number of rotatable bonds is 5. The van der Waals surface area contributed by atoms with Crippen molar-refractivity contribution in [2.75, 3.05) is 37.6 Å². The van der Waals surface area contributed by atoms with Gasteiger partial charge < -0.3 is 20.9 Å². The lowest BCUT2D eigenvalue weighted by Gasteiger charge is -2.36. The first-order chi connectivity index (χ1) is 13.1. The molecule has 0 spiro atoms. The first-order valence-corrected chi connectivity index (χ1v) is 9.30. The number of nitrogens with two attached hydrogens (primary N) is 1. The van der Waals surface area contributed by atoms with Crippen LogP contribution < -0.4 is 16.0 Å². The largest absolute Gasteiger partial charge is 0.368 e. The third-order valence-electron chi connectivity index (χ3n) is 4.68. The van der Waals surface area contributed by atoms with E-state index in [9.17, 15) is 9.59 Å². The molecule has 3 N–H and O–H groups in total. The van der Waals surface area contributed by atoms with E-state index >= 15 is 0 Å². The maximum absolute atomic E-state index is 12.4. The van der Waals surface area contributed by atoms with Crippen LogP contribution >= 0.6 is 11.6 Å². The van der Waals surface area contributed by atoms with Gasteiger partial charge in [0, 0.05) is 49.0 Å². The second-order valence-electron chi connectivity index (χ2n) is 6.43. The summed E-state index contributed by atoms with van der Waals surface area (Å²) in [6, 6.07) is 14.7. The quantitative estimate of drug-likeness (QED) is 0.822. The summed E-state index contributed by atoms with van der Waals surface area (Å²) in [6.45, 7) is 3.19. The van der Waals surface area contributed by atoms with Gasteiger partial charge in [0.25, 0.3) is 5.91 Å². The monoisotopic (exact) mass is 386 g/mol. The van der Waals surface area contributed by atoms with Gasteiger partial charge in [-0.1, -0.05) is 23.7 Å². The summed E-state index contributed by atoms with van der Waals surface area (Å²) in [5.74, 6) is -0.329. The minimum Gasteiger partial charge on any atom is -0.368 e. The molecule has 3 rings (SSSR count). The van der Waals surface area contributed by atoms with Crippen LogP contribution in [0.2, 0.25) is 5.02 Å².